The highest BCUT2D eigenvalue weighted by Gasteiger charge is 2.31. The molecule has 0 bridgehead atoms. The molecule has 8 nitrogen and oxygen atoms in total. The first-order valence-electron chi connectivity index (χ1n) is 7.67. The maximum atomic E-state index is 12.3. The summed E-state index contributed by atoms with van der Waals surface area (Å²) in [6.07, 6.45) is 1.14. The average Bonchev–Trinajstić information content (AvgIpc) is 2.90. The molecule has 25 heavy (non-hydrogen) atoms. The van der Waals surface area contributed by atoms with Gasteiger partial charge in [-0.1, -0.05) is 24.3 Å². The summed E-state index contributed by atoms with van der Waals surface area (Å²) >= 11 is 0. The van der Waals surface area contributed by atoms with Crippen LogP contribution >= 0.6 is 0 Å². The number of amides is 3. The molecular weight excluding hydrogens is 324 g/mol. The first kappa shape index (κ1) is 16.7. The Hall–Kier alpha value is -3.13. The number of methoxy groups -OCH3 is 1. The number of primary amides is 1. The zero-order valence-electron chi connectivity index (χ0n) is 13.5. The van der Waals surface area contributed by atoms with Crippen molar-refractivity contribution in [1.82, 2.24) is 10.3 Å². The second-order valence-corrected chi connectivity index (χ2v) is 5.69. The van der Waals surface area contributed by atoms with E-state index in [1.165, 1.54) is 19.4 Å². The molecule has 1 aliphatic rings. The third-order valence-electron chi connectivity index (χ3n) is 4.06. The molecule has 0 spiro atoms. The zero-order chi connectivity index (χ0) is 18.0. The Kier molecular flexibility index (Phi) is 4.53. The average molecular weight is 342 g/mol. The summed E-state index contributed by atoms with van der Waals surface area (Å²) in [5.41, 5.74) is 7.51. The van der Waals surface area contributed by atoms with Gasteiger partial charge in [-0.3, -0.25) is 4.79 Å². The van der Waals surface area contributed by atoms with Crippen molar-refractivity contribution in [3.05, 3.63) is 53.2 Å². The third kappa shape index (κ3) is 3.38. The summed E-state index contributed by atoms with van der Waals surface area (Å²) in [4.78, 5) is 27.6. The van der Waals surface area contributed by atoms with Crippen LogP contribution in [0.1, 0.15) is 27.5 Å². The number of anilines is 1. The smallest absolute Gasteiger partial charge is 0.319 e. The number of aliphatic hydroxyl groups excluding tert-OH is 1. The number of benzene rings is 1. The second kappa shape index (κ2) is 6.78. The van der Waals surface area contributed by atoms with E-state index in [9.17, 15) is 14.7 Å². The highest BCUT2D eigenvalue weighted by molar-refractivity contribution is 5.97. The van der Waals surface area contributed by atoms with Crippen LogP contribution in [-0.2, 0) is 6.42 Å². The van der Waals surface area contributed by atoms with Crippen LogP contribution < -0.4 is 21.1 Å². The minimum atomic E-state index is -0.714. The molecule has 2 atom stereocenters. The van der Waals surface area contributed by atoms with Gasteiger partial charge in [0.2, 0.25) is 5.88 Å². The van der Waals surface area contributed by atoms with Gasteiger partial charge in [0.05, 0.1) is 31.1 Å². The van der Waals surface area contributed by atoms with E-state index in [1.807, 2.05) is 24.3 Å². The van der Waals surface area contributed by atoms with Gasteiger partial charge in [-0.25, -0.2) is 9.78 Å². The zero-order valence-corrected chi connectivity index (χ0v) is 13.5. The molecule has 0 saturated heterocycles. The summed E-state index contributed by atoms with van der Waals surface area (Å²) in [7, 11) is 1.37. The Morgan fingerprint density at radius 1 is 1.36 bits per heavy atom. The van der Waals surface area contributed by atoms with E-state index in [0.29, 0.717) is 6.42 Å². The van der Waals surface area contributed by atoms with Crippen molar-refractivity contribution in [1.29, 1.82) is 0 Å². The number of carbonyl (C=O) groups excluding carboxylic acids is 2. The number of nitrogens with two attached hydrogens (primary N) is 1. The van der Waals surface area contributed by atoms with Crippen LogP contribution in [0, 0.1) is 0 Å². The van der Waals surface area contributed by atoms with Crippen molar-refractivity contribution < 1.29 is 19.4 Å². The summed E-state index contributed by atoms with van der Waals surface area (Å²) in [5.74, 6) is -0.632. The fourth-order valence-electron chi connectivity index (χ4n) is 2.92. The number of fused-ring (bicyclic) bond motifs is 1. The minimum Gasteiger partial charge on any atom is -0.480 e. The normalized spacial score (nSPS) is 18.3. The number of carbonyl (C=O) groups is 2. The van der Waals surface area contributed by atoms with Crippen molar-refractivity contribution in [2.24, 2.45) is 5.73 Å². The SMILES string of the molecule is COc1ncc(NC(=O)N[C@@H]2c3ccccc3C[C@@H]2O)cc1C(N)=O. The molecular formula is C17H18N4O4. The fraction of sp³-hybridized carbons (Fsp3) is 0.235. The van der Waals surface area contributed by atoms with Crippen LogP contribution in [0.2, 0.25) is 0 Å². The molecule has 1 aromatic heterocycles. The Labute approximate surface area is 144 Å². The molecule has 0 saturated carbocycles. The molecule has 1 heterocycles. The monoisotopic (exact) mass is 342 g/mol. The van der Waals surface area contributed by atoms with Gasteiger partial charge in [0.25, 0.3) is 5.91 Å². The lowest BCUT2D eigenvalue weighted by atomic mass is 10.1. The number of hydrogen-bond acceptors (Lipinski definition) is 5. The minimum absolute atomic E-state index is 0.0616. The molecule has 0 fully saturated rings. The first-order chi connectivity index (χ1) is 12.0. The van der Waals surface area contributed by atoms with Crippen molar-refractivity contribution in [3.63, 3.8) is 0 Å². The highest BCUT2D eigenvalue weighted by atomic mass is 16.5. The lowest BCUT2D eigenvalue weighted by Crippen LogP contribution is -2.36. The van der Waals surface area contributed by atoms with Gasteiger partial charge in [-0.15, -0.1) is 0 Å². The summed E-state index contributed by atoms with van der Waals surface area (Å²) in [6, 6.07) is 7.90. The van der Waals surface area contributed by atoms with Crippen LogP contribution in [0.3, 0.4) is 0 Å². The van der Waals surface area contributed by atoms with Crippen LogP contribution in [0.4, 0.5) is 10.5 Å². The van der Waals surface area contributed by atoms with Gasteiger partial charge in [-0.2, -0.15) is 0 Å². The molecule has 3 amide bonds. The van der Waals surface area contributed by atoms with Gasteiger partial charge < -0.3 is 26.2 Å². The largest absolute Gasteiger partial charge is 0.480 e. The third-order valence-corrected chi connectivity index (χ3v) is 4.06. The molecule has 8 heteroatoms. The van der Waals surface area contributed by atoms with E-state index in [0.717, 1.165) is 11.1 Å². The van der Waals surface area contributed by atoms with Gasteiger partial charge in [0.1, 0.15) is 5.56 Å². The quantitative estimate of drug-likeness (QED) is 0.658. The molecule has 0 unspecified atom stereocenters. The van der Waals surface area contributed by atoms with E-state index in [2.05, 4.69) is 15.6 Å². The Morgan fingerprint density at radius 2 is 2.12 bits per heavy atom. The van der Waals surface area contributed by atoms with Gasteiger partial charge in [-0.05, 0) is 17.2 Å². The number of ether oxygens (including phenoxy) is 1. The number of hydrogen-bond donors (Lipinski definition) is 4. The van der Waals surface area contributed by atoms with E-state index in [1.54, 1.807) is 0 Å². The van der Waals surface area contributed by atoms with E-state index in [4.69, 9.17) is 10.5 Å². The maximum absolute atomic E-state index is 12.3. The number of aliphatic hydroxyl groups is 1. The second-order valence-electron chi connectivity index (χ2n) is 5.69. The first-order valence-corrected chi connectivity index (χ1v) is 7.67. The predicted octanol–water partition coefficient (Wildman–Crippen LogP) is 0.969. The lowest BCUT2D eigenvalue weighted by Gasteiger charge is -2.18. The fourth-order valence-corrected chi connectivity index (χ4v) is 2.92. The van der Waals surface area contributed by atoms with Gasteiger partial charge in [0.15, 0.2) is 0 Å². The lowest BCUT2D eigenvalue weighted by molar-refractivity contribution is 0.0996. The van der Waals surface area contributed by atoms with E-state index in [-0.39, 0.29) is 17.1 Å². The van der Waals surface area contributed by atoms with Crippen LogP contribution in [0.15, 0.2) is 36.5 Å². The van der Waals surface area contributed by atoms with E-state index >= 15 is 0 Å². The molecule has 2 aromatic rings. The maximum Gasteiger partial charge on any atom is 0.319 e. The van der Waals surface area contributed by atoms with Crippen LogP contribution in [0.5, 0.6) is 5.88 Å². The molecule has 1 aliphatic carbocycles. The highest BCUT2D eigenvalue weighted by Crippen LogP contribution is 2.31. The predicted molar refractivity (Wildman–Crippen MR) is 90.4 cm³/mol. The Balaban J connectivity index is 1.73. The van der Waals surface area contributed by atoms with Crippen LogP contribution in [0.25, 0.3) is 0 Å². The Morgan fingerprint density at radius 3 is 2.84 bits per heavy atom. The Bertz CT molecular complexity index is 824. The molecule has 5 N–H and O–H groups in total. The number of nitrogens with zero attached hydrogens (tertiary/aromatic N) is 1. The van der Waals surface area contributed by atoms with Crippen molar-refractivity contribution >= 4 is 17.6 Å². The molecule has 0 radical (unpaired) electrons. The summed E-state index contributed by atoms with van der Waals surface area (Å²) in [6.45, 7) is 0. The topological polar surface area (TPSA) is 127 Å². The number of aromatic nitrogens is 1. The molecule has 0 aliphatic heterocycles. The molecule has 3 rings (SSSR count). The molecule has 1 aromatic carbocycles. The summed E-state index contributed by atoms with van der Waals surface area (Å²) < 4.78 is 4.95. The number of nitrogens with one attached hydrogen (secondary N) is 2. The van der Waals surface area contributed by atoms with Crippen molar-refractivity contribution in [2.75, 3.05) is 12.4 Å². The number of rotatable bonds is 4. The molecule has 130 valence electrons. The number of urea groups is 1. The van der Waals surface area contributed by atoms with Crippen molar-refractivity contribution in [3.8, 4) is 5.88 Å². The standard InChI is InChI=1S/C17H18N4O4/c1-25-16-12(15(18)23)7-10(8-19-16)20-17(24)21-14-11-5-3-2-4-9(11)6-13(14)22/h2-5,7-8,13-14,22H,6H2,1H3,(H2,18,23)(H2,20,21,24)/t13-,14+/m0/s1. The van der Waals surface area contributed by atoms with Gasteiger partial charge in [0, 0.05) is 6.42 Å². The van der Waals surface area contributed by atoms with Crippen LogP contribution in [-0.4, -0.2) is 35.2 Å². The van der Waals surface area contributed by atoms with E-state index < -0.39 is 24.1 Å². The van der Waals surface area contributed by atoms with Crippen molar-refractivity contribution in [2.45, 2.75) is 18.6 Å². The van der Waals surface area contributed by atoms with Gasteiger partial charge >= 0.3 is 6.03 Å². The number of pyridine rings is 1. The summed E-state index contributed by atoms with van der Waals surface area (Å²) in [5, 5.41) is 15.5.